The number of likely N-dealkylation sites (N-methyl/N-ethyl adjacent to an activating group) is 1. The van der Waals surface area contributed by atoms with Gasteiger partial charge in [0, 0.05) is 31.1 Å². The van der Waals surface area contributed by atoms with Gasteiger partial charge in [0.1, 0.15) is 10.8 Å². The molecule has 0 radical (unpaired) electrons. The number of nitrogens with zero attached hydrogens (tertiary/aromatic N) is 3. The number of hydrogen-bond acceptors (Lipinski definition) is 5. The van der Waals surface area contributed by atoms with E-state index >= 15 is 0 Å². The van der Waals surface area contributed by atoms with Crippen LogP contribution < -0.4 is 5.32 Å². The lowest BCUT2D eigenvalue weighted by molar-refractivity contribution is 0.216. The molecule has 0 atom stereocenters. The maximum Gasteiger partial charge on any atom is 0.139 e. The fourth-order valence-corrected chi connectivity index (χ4v) is 3.93. The molecule has 0 spiro atoms. The van der Waals surface area contributed by atoms with E-state index in [4.69, 9.17) is 4.99 Å². The van der Waals surface area contributed by atoms with Gasteiger partial charge in [-0.15, -0.1) is 11.3 Å². The summed E-state index contributed by atoms with van der Waals surface area (Å²) in [6, 6.07) is 10.6. The van der Waals surface area contributed by atoms with Gasteiger partial charge < -0.3 is 15.1 Å². The molecule has 22 heavy (non-hydrogen) atoms. The molecule has 1 aromatic carbocycles. The number of aryl methyl sites for hydroxylation is 1. The van der Waals surface area contributed by atoms with Crippen LogP contribution in [0.5, 0.6) is 0 Å². The highest BCUT2D eigenvalue weighted by molar-refractivity contribution is 7.16. The first kappa shape index (κ1) is 13.8. The summed E-state index contributed by atoms with van der Waals surface area (Å²) in [4.78, 5) is 11.1. The first-order chi connectivity index (χ1) is 10.7. The van der Waals surface area contributed by atoms with Crippen LogP contribution in [0.25, 0.3) is 0 Å². The zero-order valence-corrected chi connectivity index (χ0v) is 13.8. The van der Waals surface area contributed by atoms with E-state index in [-0.39, 0.29) is 0 Å². The van der Waals surface area contributed by atoms with Gasteiger partial charge >= 0.3 is 0 Å². The predicted octanol–water partition coefficient (Wildman–Crippen LogP) is 3.44. The molecule has 2 aliphatic rings. The van der Waals surface area contributed by atoms with Crippen molar-refractivity contribution in [3.8, 4) is 0 Å². The van der Waals surface area contributed by atoms with Gasteiger partial charge in [0.05, 0.1) is 16.9 Å². The lowest BCUT2D eigenvalue weighted by Crippen LogP contribution is -2.47. The molecular weight excluding hydrogens is 291 g/mol. The highest BCUT2D eigenvalue weighted by Gasteiger charge is 2.25. The number of hydrogen-bond donors (Lipinski definition) is 1. The molecule has 1 fully saturated rings. The van der Waals surface area contributed by atoms with Gasteiger partial charge in [0.2, 0.25) is 0 Å². The summed E-state index contributed by atoms with van der Waals surface area (Å²) < 4.78 is 0. The Labute approximate surface area is 135 Å². The molecule has 5 heteroatoms. The normalized spacial score (nSPS) is 18.1. The summed E-state index contributed by atoms with van der Waals surface area (Å²) in [5, 5.41) is 4.78. The van der Waals surface area contributed by atoms with Crippen molar-refractivity contribution >= 4 is 33.5 Å². The fourth-order valence-electron chi connectivity index (χ4n) is 3.01. The van der Waals surface area contributed by atoms with E-state index in [9.17, 15) is 0 Å². The Morgan fingerprint density at radius 3 is 2.73 bits per heavy atom. The van der Waals surface area contributed by atoms with Crippen molar-refractivity contribution in [2.75, 3.05) is 38.5 Å². The lowest BCUT2D eigenvalue weighted by atomic mass is 10.2. The number of nitrogens with one attached hydrogen (secondary N) is 1. The van der Waals surface area contributed by atoms with Gasteiger partial charge in [-0.2, -0.15) is 0 Å². The summed E-state index contributed by atoms with van der Waals surface area (Å²) in [5.74, 6) is 1.12. The van der Waals surface area contributed by atoms with Crippen molar-refractivity contribution in [3.63, 3.8) is 0 Å². The van der Waals surface area contributed by atoms with Crippen molar-refractivity contribution in [2.24, 2.45) is 4.99 Å². The first-order valence-electron chi connectivity index (χ1n) is 7.70. The molecule has 1 saturated heterocycles. The Morgan fingerprint density at radius 1 is 1.14 bits per heavy atom. The van der Waals surface area contributed by atoms with E-state index in [0.29, 0.717) is 0 Å². The van der Waals surface area contributed by atoms with Crippen LogP contribution in [0.4, 0.5) is 16.4 Å². The van der Waals surface area contributed by atoms with Gasteiger partial charge in [-0.25, -0.2) is 4.99 Å². The summed E-state index contributed by atoms with van der Waals surface area (Å²) in [6.07, 6.45) is 0. The lowest BCUT2D eigenvalue weighted by Gasteiger charge is -2.34. The molecule has 2 aromatic rings. The number of anilines is 2. The van der Waals surface area contributed by atoms with Crippen LogP contribution in [0.3, 0.4) is 0 Å². The van der Waals surface area contributed by atoms with Crippen LogP contribution in [-0.2, 0) is 0 Å². The summed E-state index contributed by atoms with van der Waals surface area (Å²) >= 11 is 1.81. The number of rotatable bonds is 0. The van der Waals surface area contributed by atoms with E-state index in [1.165, 1.54) is 15.4 Å². The smallest absolute Gasteiger partial charge is 0.139 e. The Bertz CT molecular complexity index is 726. The molecule has 0 bridgehead atoms. The van der Waals surface area contributed by atoms with Gasteiger partial charge in [-0.3, -0.25) is 0 Å². The second-order valence-electron chi connectivity index (χ2n) is 5.97. The second kappa shape index (κ2) is 5.41. The number of amidine groups is 1. The standard InChI is InChI=1S/C17H20N4S/c1-12-11-13-16(21-9-7-20(2)8-10-21)18-14-5-3-4-6-15(14)19-17(13)22-12/h3-6,11,19H,7-10H2,1-2H3/i2-1. The van der Waals surface area contributed by atoms with Crippen LogP contribution in [-0.4, -0.2) is 48.9 Å². The third-order valence-electron chi connectivity index (χ3n) is 4.28. The average molecular weight is 311 g/mol. The average Bonchev–Trinajstić information content (AvgIpc) is 2.80. The number of para-hydroxylation sites is 2. The maximum absolute atomic E-state index is 5.01. The minimum atomic E-state index is 1.03. The van der Waals surface area contributed by atoms with Gasteiger partial charge in [-0.05, 0) is 32.2 Å². The van der Waals surface area contributed by atoms with Crippen LogP contribution in [0.1, 0.15) is 10.4 Å². The zero-order chi connectivity index (χ0) is 15.1. The minimum Gasteiger partial charge on any atom is -0.353 e. The zero-order valence-electron chi connectivity index (χ0n) is 13.0. The van der Waals surface area contributed by atoms with Crippen molar-refractivity contribution in [1.82, 2.24) is 9.80 Å². The van der Waals surface area contributed by atoms with E-state index in [0.717, 1.165) is 43.4 Å². The van der Waals surface area contributed by atoms with E-state index < -0.39 is 0 Å². The fraction of sp³-hybridized carbons (Fsp3) is 0.353. The highest BCUT2D eigenvalue weighted by Crippen LogP contribution is 2.39. The van der Waals surface area contributed by atoms with E-state index in [1.54, 1.807) is 11.3 Å². The van der Waals surface area contributed by atoms with Gasteiger partial charge in [0.15, 0.2) is 0 Å². The van der Waals surface area contributed by atoms with Crippen molar-refractivity contribution in [2.45, 2.75) is 6.92 Å². The molecular formula is C17H20N4S. The third kappa shape index (κ3) is 2.40. The van der Waals surface area contributed by atoms with Crippen LogP contribution >= 0.6 is 11.3 Å². The third-order valence-corrected chi connectivity index (χ3v) is 5.24. The number of fused-ring (bicyclic) bond motifs is 2. The molecule has 1 N–H and O–H groups in total. The number of thiophene rings is 1. The number of piperazine rings is 1. The Morgan fingerprint density at radius 2 is 1.91 bits per heavy atom. The van der Waals surface area contributed by atoms with Crippen LogP contribution in [0, 0.1) is 6.92 Å². The van der Waals surface area contributed by atoms with Crippen molar-refractivity contribution in [3.05, 3.63) is 40.8 Å². The molecule has 4 rings (SSSR count). The number of benzene rings is 1. The maximum atomic E-state index is 5.01. The quantitative estimate of drug-likeness (QED) is 0.808. The number of aliphatic imine (C=N–C) groups is 1. The van der Waals surface area contributed by atoms with Crippen molar-refractivity contribution in [1.29, 1.82) is 0 Å². The van der Waals surface area contributed by atoms with Gasteiger partial charge in [-0.1, -0.05) is 12.1 Å². The predicted molar refractivity (Wildman–Crippen MR) is 94.0 cm³/mol. The minimum absolute atomic E-state index is 1.03. The van der Waals surface area contributed by atoms with Crippen LogP contribution in [0.15, 0.2) is 35.3 Å². The molecule has 0 unspecified atom stereocenters. The molecule has 1 aromatic heterocycles. The molecule has 0 saturated carbocycles. The van der Waals surface area contributed by atoms with Crippen molar-refractivity contribution < 1.29 is 0 Å². The molecule has 3 heterocycles. The van der Waals surface area contributed by atoms with Gasteiger partial charge in [0.25, 0.3) is 0 Å². The van der Waals surface area contributed by atoms with E-state index in [2.05, 4.69) is 59.4 Å². The topological polar surface area (TPSA) is 30.9 Å². The first-order valence-corrected chi connectivity index (χ1v) is 8.51. The Hall–Kier alpha value is -1.85. The SMILES string of the molecule is Cc1cc2c(s1)Nc1ccccc1N=C2N1CCN([11CH3])CC1. The molecule has 0 amide bonds. The Balaban J connectivity index is 1.81. The molecule has 4 nitrogen and oxygen atoms in total. The second-order valence-corrected chi connectivity index (χ2v) is 7.22. The molecule has 0 aliphatic carbocycles. The largest absolute Gasteiger partial charge is 0.353 e. The molecule has 114 valence electrons. The van der Waals surface area contributed by atoms with E-state index in [1.807, 2.05) is 0 Å². The summed E-state index contributed by atoms with van der Waals surface area (Å²) in [7, 11) is 2.18. The van der Waals surface area contributed by atoms with Crippen LogP contribution in [0.2, 0.25) is 0 Å². The molecule has 2 aliphatic heterocycles. The summed E-state index contributed by atoms with van der Waals surface area (Å²) in [5.41, 5.74) is 3.36. The summed E-state index contributed by atoms with van der Waals surface area (Å²) in [6.45, 7) is 6.41. The monoisotopic (exact) mass is 311 g/mol. The highest BCUT2D eigenvalue weighted by atomic mass is 32.1. The Kier molecular flexibility index (Phi) is 3.39.